The molecule has 4 heterocycles. The predicted molar refractivity (Wildman–Crippen MR) is 98.0 cm³/mol. The molecule has 0 amide bonds. The summed E-state index contributed by atoms with van der Waals surface area (Å²) in [6, 6.07) is 0. The van der Waals surface area contributed by atoms with Gasteiger partial charge in [0.05, 0.1) is 12.7 Å². The lowest BCUT2D eigenvalue weighted by Crippen LogP contribution is -2.55. The maximum absolute atomic E-state index is 5.25. The molecule has 0 saturated heterocycles. The topological polar surface area (TPSA) is 103 Å². The largest absolute Gasteiger partial charge is 0.338 e. The number of H-pyrrole nitrogens is 3. The van der Waals surface area contributed by atoms with Crippen molar-refractivity contribution >= 4 is 46.3 Å². The molecule has 25 heavy (non-hydrogen) atoms. The number of thioether (sulfide) groups is 1. The molecule has 128 valence electrons. The van der Waals surface area contributed by atoms with Crippen LogP contribution in [0.25, 0.3) is 22.3 Å². The van der Waals surface area contributed by atoms with E-state index in [-0.39, 0.29) is 5.54 Å². The molecule has 8 nitrogen and oxygen atoms in total. The third kappa shape index (κ3) is 2.71. The molecule has 4 rings (SSSR count). The van der Waals surface area contributed by atoms with Crippen LogP contribution in [0.1, 0.15) is 19.7 Å². The fourth-order valence-electron chi connectivity index (χ4n) is 2.94. The van der Waals surface area contributed by atoms with Crippen molar-refractivity contribution in [1.82, 2.24) is 34.9 Å². The minimum Gasteiger partial charge on any atom is -0.338 e. The lowest BCUT2D eigenvalue weighted by atomic mass is 10.00. The van der Waals surface area contributed by atoms with Crippen LogP contribution in [0.3, 0.4) is 0 Å². The maximum atomic E-state index is 5.25. The summed E-state index contributed by atoms with van der Waals surface area (Å²) in [6.45, 7) is 4.31. The Hall–Kier alpha value is -2.33. The van der Waals surface area contributed by atoms with Gasteiger partial charge in [0.25, 0.3) is 12.0 Å². The first-order chi connectivity index (χ1) is 12.0. The van der Waals surface area contributed by atoms with Gasteiger partial charge in [0.1, 0.15) is 16.9 Å². The highest BCUT2D eigenvalue weighted by molar-refractivity contribution is 7.98. The SMILES string of the molecule is CSc1c2[nH]cnc2nc[n+]1C(C)(C)Cc1nc2[nH]cnc(=S)c2[nH]1. The Bertz CT molecular complexity index is 1120. The summed E-state index contributed by atoms with van der Waals surface area (Å²) in [6.07, 6.45) is 7.81. The fraction of sp³-hybridized carbons (Fsp3) is 0.333. The van der Waals surface area contributed by atoms with Crippen molar-refractivity contribution in [2.24, 2.45) is 0 Å². The van der Waals surface area contributed by atoms with Crippen LogP contribution in [0, 0.1) is 4.64 Å². The molecule has 3 N–H and O–H groups in total. The van der Waals surface area contributed by atoms with E-state index in [0.29, 0.717) is 11.1 Å². The summed E-state index contributed by atoms with van der Waals surface area (Å²) in [4.78, 5) is 26.9. The van der Waals surface area contributed by atoms with Crippen molar-refractivity contribution in [3.05, 3.63) is 29.4 Å². The molecular formula is C15H17N8S2+. The monoisotopic (exact) mass is 373 g/mol. The number of nitrogens with zero attached hydrogens (tertiary/aromatic N) is 5. The third-order valence-electron chi connectivity index (χ3n) is 4.14. The second kappa shape index (κ2) is 5.88. The van der Waals surface area contributed by atoms with E-state index in [4.69, 9.17) is 12.2 Å². The van der Waals surface area contributed by atoms with Gasteiger partial charge in [-0.25, -0.2) is 14.5 Å². The summed E-state index contributed by atoms with van der Waals surface area (Å²) in [5.41, 5.74) is 2.89. The van der Waals surface area contributed by atoms with Gasteiger partial charge in [-0.15, -0.1) is 0 Å². The van der Waals surface area contributed by atoms with E-state index < -0.39 is 0 Å². The summed E-state index contributed by atoms with van der Waals surface area (Å²) in [7, 11) is 0. The van der Waals surface area contributed by atoms with Gasteiger partial charge in [-0.05, 0) is 25.1 Å². The van der Waals surface area contributed by atoms with Crippen molar-refractivity contribution in [2.75, 3.05) is 6.26 Å². The average Bonchev–Trinajstić information content (AvgIpc) is 3.20. The number of imidazole rings is 2. The summed E-state index contributed by atoms with van der Waals surface area (Å²) < 4.78 is 2.67. The van der Waals surface area contributed by atoms with Crippen LogP contribution in [-0.4, -0.2) is 41.1 Å². The number of fused-ring (bicyclic) bond motifs is 2. The normalized spacial score (nSPS) is 12.3. The number of aromatic amines is 3. The smallest absolute Gasteiger partial charge is 0.296 e. The second-order valence-electron chi connectivity index (χ2n) is 6.33. The Kier molecular flexibility index (Phi) is 3.80. The summed E-state index contributed by atoms with van der Waals surface area (Å²) in [5, 5.41) is 1.08. The van der Waals surface area contributed by atoms with Crippen LogP contribution in [0.15, 0.2) is 24.0 Å². The van der Waals surface area contributed by atoms with Gasteiger partial charge in [0.15, 0.2) is 20.8 Å². The molecule has 0 radical (unpaired) electrons. The van der Waals surface area contributed by atoms with Crippen LogP contribution in [0.5, 0.6) is 0 Å². The predicted octanol–water partition coefficient (Wildman–Crippen LogP) is 2.27. The van der Waals surface area contributed by atoms with Gasteiger partial charge in [-0.3, -0.25) is 0 Å². The molecule has 0 aliphatic carbocycles. The van der Waals surface area contributed by atoms with E-state index >= 15 is 0 Å². The van der Waals surface area contributed by atoms with Crippen LogP contribution in [-0.2, 0) is 12.0 Å². The number of hydrogen-bond acceptors (Lipinski definition) is 6. The van der Waals surface area contributed by atoms with E-state index in [9.17, 15) is 0 Å². The van der Waals surface area contributed by atoms with Gasteiger partial charge < -0.3 is 15.0 Å². The molecule has 0 fully saturated rings. The van der Waals surface area contributed by atoms with Gasteiger partial charge >= 0.3 is 0 Å². The third-order valence-corrected chi connectivity index (χ3v) is 5.24. The number of rotatable bonds is 4. The van der Waals surface area contributed by atoms with Gasteiger partial charge in [-0.2, -0.15) is 4.98 Å². The lowest BCUT2D eigenvalue weighted by molar-refractivity contribution is -0.790. The molecule has 0 saturated carbocycles. The minimum atomic E-state index is -0.256. The highest BCUT2D eigenvalue weighted by Gasteiger charge is 2.32. The summed E-state index contributed by atoms with van der Waals surface area (Å²) >= 11 is 6.92. The van der Waals surface area contributed by atoms with E-state index in [1.54, 1.807) is 24.4 Å². The van der Waals surface area contributed by atoms with Gasteiger partial charge in [-0.1, -0.05) is 24.0 Å². The molecule has 10 heteroatoms. The summed E-state index contributed by atoms with van der Waals surface area (Å²) in [5.74, 6) is 0.847. The van der Waals surface area contributed by atoms with Crippen molar-refractivity contribution in [3.8, 4) is 0 Å². The van der Waals surface area contributed by atoms with Crippen molar-refractivity contribution in [1.29, 1.82) is 0 Å². The van der Waals surface area contributed by atoms with E-state index in [1.807, 2.05) is 12.6 Å². The number of nitrogens with one attached hydrogen (secondary N) is 3. The zero-order chi connectivity index (χ0) is 17.6. The molecule has 0 bridgehead atoms. The molecular weight excluding hydrogens is 356 g/mol. The first-order valence-corrected chi connectivity index (χ1v) is 9.33. The quantitative estimate of drug-likeness (QED) is 0.219. The number of hydrogen-bond donors (Lipinski definition) is 3. The standard InChI is InChI=1S/C15H16N8S2/c1-15(2,4-8-21-9-12(22-8)18-6-19-13(9)24)23-7-20-11-10(14(23)25-3)16-5-17-11/h5-7H,4H2,1-3H3,(H2,18,19,21,22,24)/p+1. The Balaban J connectivity index is 1.78. The molecule has 0 aliphatic rings. The molecule has 0 unspecified atom stereocenters. The second-order valence-corrected chi connectivity index (χ2v) is 7.51. The molecule has 0 aromatic carbocycles. The molecule has 0 aliphatic heterocycles. The highest BCUT2D eigenvalue weighted by Crippen LogP contribution is 2.23. The minimum absolute atomic E-state index is 0.256. The van der Waals surface area contributed by atoms with Crippen molar-refractivity contribution < 1.29 is 4.57 Å². The van der Waals surface area contributed by atoms with Crippen molar-refractivity contribution in [2.45, 2.75) is 30.8 Å². The van der Waals surface area contributed by atoms with E-state index in [1.165, 1.54) is 0 Å². The molecule has 4 aromatic heterocycles. The average molecular weight is 373 g/mol. The van der Waals surface area contributed by atoms with E-state index in [2.05, 4.69) is 53.3 Å². The Labute approximate surface area is 152 Å². The molecule has 0 spiro atoms. The molecule has 4 aromatic rings. The van der Waals surface area contributed by atoms with Crippen LogP contribution in [0.2, 0.25) is 0 Å². The van der Waals surface area contributed by atoms with Crippen LogP contribution >= 0.6 is 24.0 Å². The van der Waals surface area contributed by atoms with Gasteiger partial charge in [0.2, 0.25) is 0 Å². The Morgan fingerprint density at radius 2 is 1.96 bits per heavy atom. The Morgan fingerprint density at radius 1 is 1.16 bits per heavy atom. The highest BCUT2D eigenvalue weighted by atomic mass is 32.2. The van der Waals surface area contributed by atoms with Crippen molar-refractivity contribution in [3.63, 3.8) is 0 Å². The lowest BCUT2D eigenvalue weighted by Gasteiger charge is -2.23. The van der Waals surface area contributed by atoms with Crippen LogP contribution in [0.4, 0.5) is 0 Å². The first-order valence-electron chi connectivity index (χ1n) is 7.70. The van der Waals surface area contributed by atoms with E-state index in [0.717, 1.165) is 33.2 Å². The fourth-order valence-corrected chi connectivity index (χ4v) is 3.98. The number of aromatic nitrogens is 8. The van der Waals surface area contributed by atoms with Crippen LogP contribution < -0.4 is 4.57 Å². The maximum Gasteiger partial charge on any atom is 0.296 e. The van der Waals surface area contributed by atoms with Gasteiger partial charge in [0, 0.05) is 6.42 Å². The molecule has 0 atom stereocenters. The zero-order valence-electron chi connectivity index (χ0n) is 14.0. The zero-order valence-corrected chi connectivity index (χ0v) is 15.6. The Morgan fingerprint density at radius 3 is 2.72 bits per heavy atom. The first kappa shape index (κ1) is 16.2.